The van der Waals surface area contributed by atoms with Crippen LogP contribution in [-0.4, -0.2) is 93.4 Å². The first kappa shape index (κ1) is 25.3. The van der Waals surface area contributed by atoms with Gasteiger partial charge in [0.15, 0.2) is 0 Å². The molecule has 4 heterocycles. The van der Waals surface area contributed by atoms with Crippen LogP contribution in [0.4, 0.5) is 0 Å². The van der Waals surface area contributed by atoms with Crippen molar-refractivity contribution in [3.05, 3.63) is 24.3 Å². The Labute approximate surface area is 207 Å². The topological polar surface area (TPSA) is 81.2 Å². The molecule has 2 fully saturated rings. The molecule has 4 aliphatic heterocycles. The summed E-state index contributed by atoms with van der Waals surface area (Å²) in [5, 5.41) is 8.99. The summed E-state index contributed by atoms with van der Waals surface area (Å²) >= 11 is 1.65. The lowest BCUT2D eigenvalue weighted by molar-refractivity contribution is -0.144. The quantitative estimate of drug-likeness (QED) is 0.377. The molecule has 4 aliphatic rings. The number of amides is 3. The summed E-state index contributed by atoms with van der Waals surface area (Å²) in [6.45, 7) is 4.66. The highest BCUT2D eigenvalue weighted by molar-refractivity contribution is 8.02. The minimum absolute atomic E-state index is 0.00571. The third-order valence-electron chi connectivity index (χ3n) is 7.78. The molecule has 3 amide bonds. The van der Waals surface area contributed by atoms with Crippen molar-refractivity contribution in [1.29, 1.82) is 0 Å². The molecular weight excluding hydrogens is 450 g/mol. The minimum Gasteiger partial charge on any atom is -0.396 e. The van der Waals surface area contributed by atoms with Crippen LogP contribution in [0, 0.1) is 11.8 Å². The Hall–Kier alpha value is -1.80. The van der Waals surface area contributed by atoms with Gasteiger partial charge in [-0.25, -0.2) is 0 Å². The second kappa shape index (κ2) is 10.9. The fraction of sp³-hybridized carbons (Fsp3) is 0.731. The zero-order valence-corrected chi connectivity index (χ0v) is 21.3. The number of unbranched alkanes of at least 4 members (excludes halogenated alkanes) is 5. The molecule has 0 aromatic carbocycles. The van der Waals surface area contributed by atoms with E-state index in [9.17, 15) is 14.4 Å². The van der Waals surface area contributed by atoms with E-state index >= 15 is 0 Å². The molecule has 7 nitrogen and oxygen atoms in total. The van der Waals surface area contributed by atoms with E-state index in [0.29, 0.717) is 26.2 Å². The van der Waals surface area contributed by atoms with E-state index in [1.165, 1.54) is 0 Å². The highest BCUT2D eigenvalue weighted by Crippen LogP contribution is 2.61. The molecule has 5 atom stereocenters. The molecule has 0 aromatic heterocycles. The summed E-state index contributed by atoms with van der Waals surface area (Å²) in [6.07, 6.45) is 14.7. The summed E-state index contributed by atoms with van der Waals surface area (Å²) in [7, 11) is 1.80. The maximum atomic E-state index is 14.0. The Morgan fingerprint density at radius 2 is 1.74 bits per heavy atom. The Morgan fingerprint density at radius 3 is 2.50 bits per heavy atom. The third kappa shape index (κ3) is 4.43. The molecule has 1 spiro atoms. The van der Waals surface area contributed by atoms with Crippen LogP contribution in [0.1, 0.15) is 51.9 Å². The van der Waals surface area contributed by atoms with Crippen molar-refractivity contribution in [2.24, 2.45) is 11.8 Å². The van der Waals surface area contributed by atoms with Crippen LogP contribution < -0.4 is 0 Å². The SMILES string of the molecule is CCCCCN1CC=C[C@]23S[C@@H]4C=CCN(C)C(=O)[C@@H]4[C@H]2C(=O)N(CCCCCCO)C3C1=O. The molecule has 0 radical (unpaired) electrons. The van der Waals surface area contributed by atoms with Crippen LogP contribution in [0.15, 0.2) is 24.3 Å². The predicted octanol–water partition coefficient (Wildman–Crippen LogP) is 2.45. The van der Waals surface area contributed by atoms with Crippen LogP contribution in [0.3, 0.4) is 0 Å². The van der Waals surface area contributed by atoms with Crippen molar-refractivity contribution in [3.63, 3.8) is 0 Å². The van der Waals surface area contributed by atoms with E-state index in [0.717, 1.165) is 44.9 Å². The summed E-state index contributed by atoms with van der Waals surface area (Å²) in [5.74, 6) is -0.962. The van der Waals surface area contributed by atoms with Gasteiger partial charge in [-0.2, -0.15) is 0 Å². The van der Waals surface area contributed by atoms with Gasteiger partial charge >= 0.3 is 0 Å². The van der Waals surface area contributed by atoms with Crippen molar-refractivity contribution in [2.45, 2.75) is 67.9 Å². The first-order valence-electron chi connectivity index (χ1n) is 12.9. The average Bonchev–Trinajstić information content (AvgIpc) is 3.14. The maximum Gasteiger partial charge on any atom is 0.247 e. The van der Waals surface area contributed by atoms with E-state index in [-0.39, 0.29) is 29.6 Å². The second-order valence-corrected chi connectivity index (χ2v) is 11.5. The van der Waals surface area contributed by atoms with Crippen molar-refractivity contribution in [3.8, 4) is 0 Å². The van der Waals surface area contributed by atoms with Crippen LogP contribution in [-0.2, 0) is 14.4 Å². The number of hydrogen-bond acceptors (Lipinski definition) is 5. The molecular formula is C26H39N3O4S. The molecule has 188 valence electrons. The first-order valence-corrected chi connectivity index (χ1v) is 13.8. The highest BCUT2D eigenvalue weighted by atomic mass is 32.2. The smallest absolute Gasteiger partial charge is 0.247 e. The molecule has 1 N–H and O–H groups in total. The van der Waals surface area contributed by atoms with Gasteiger partial charge in [0, 0.05) is 45.1 Å². The summed E-state index contributed by atoms with van der Waals surface area (Å²) in [4.78, 5) is 46.8. The standard InChI is InChI=1S/C26H39N3O4S/c1-3-4-7-15-28-16-11-13-26-21(20-19(34-26)12-10-14-27(2)23(20)31)24(32)29(22(26)25(28)33)17-8-5-6-9-18-30/h10-13,19-22,30H,3-9,14-18H2,1-2H3/t19-,20+,21+,22?,26+/m1/s1. The van der Waals surface area contributed by atoms with Crippen molar-refractivity contribution < 1.29 is 19.5 Å². The zero-order valence-electron chi connectivity index (χ0n) is 20.5. The van der Waals surface area contributed by atoms with Gasteiger partial charge in [0.25, 0.3) is 0 Å². The first-order chi connectivity index (χ1) is 16.5. The van der Waals surface area contributed by atoms with Gasteiger partial charge in [-0.3, -0.25) is 14.4 Å². The van der Waals surface area contributed by atoms with Gasteiger partial charge in [0.05, 0.1) is 16.6 Å². The lowest BCUT2D eigenvalue weighted by atomic mass is 9.78. The minimum atomic E-state index is -0.702. The molecule has 1 unspecified atom stereocenters. The van der Waals surface area contributed by atoms with E-state index in [1.807, 2.05) is 11.0 Å². The average molecular weight is 490 g/mol. The molecule has 0 aromatic rings. The monoisotopic (exact) mass is 489 g/mol. The van der Waals surface area contributed by atoms with E-state index in [4.69, 9.17) is 5.11 Å². The van der Waals surface area contributed by atoms with Crippen molar-refractivity contribution >= 4 is 29.5 Å². The lowest BCUT2D eigenvalue weighted by Crippen LogP contribution is -2.53. The number of nitrogens with zero attached hydrogens (tertiary/aromatic N) is 3. The van der Waals surface area contributed by atoms with Gasteiger partial charge in [0.2, 0.25) is 17.7 Å². The zero-order chi connectivity index (χ0) is 24.3. The number of aliphatic hydroxyl groups is 1. The maximum absolute atomic E-state index is 14.0. The normalized spacial score (nSPS) is 32.7. The van der Waals surface area contributed by atoms with Crippen molar-refractivity contribution in [2.75, 3.05) is 39.8 Å². The number of carbonyl (C=O) groups excluding carboxylic acids is 3. The molecule has 0 bridgehead atoms. The number of fused-ring (bicyclic) bond motifs is 2. The van der Waals surface area contributed by atoms with Crippen molar-refractivity contribution in [1.82, 2.24) is 14.7 Å². The number of hydrogen-bond donors (Lipinski definition) is 1. The Bertz CT molecular complexity index is 846. The molecule has 34 heavy (non-hydrogen) atoms. The molecule has 8 heteroatoms. The highest BCUT2D eigenvalue weighted by Gasteiger charge is 2.70. The number of thioether (sulfide) groups is 1. The van der Waals surface area contributed by atoms with Crippen LogP contribution in [0.25, 0.3) is 0 Å². The molecule has 0 saturated carbocycles. The second-order valence-electron chi connectivity index (χ2n) is 10.1. The fourth-order valence-corrected chi connectivity index (χ4v) is 8.06. The van der Waals surface area contributed by atoms with E-state index in [2.05, 4.69) is 25.2 Å². The number of likely N-dealkylation sites (tertiary alicyclic amines) is 1. The van der Waals surface area contributed by atoms with Crippen LogP contribution in [0.2, 0.25) is 0 Å². The number of aliphatic hydroxyl groups excluding tert-OH is 1. The molecule has 2 saturated heterocycles. The van der Waals surface area contributed by atoms with Crippen LogP contribution in [0.5, 0.6) is 0 Å². The molecule has 4 rings (SSSR count). The van der Waals surface area contributed by atoms with Gasteiger partial charge < -0.3 is 19.8 Å². The van der Waals surface area contributed by atoms with E-state index in [1.54, 1.807) is 28.6 Å². The summed E-state index contributed by atoms with van der Waals surface area (Å²) in [6, 6.07) is -0.563. The number of carbonyl (C=O) groups is 3. The third-order valence-corrected chi connectivity index (χ3v) is 9.53. The van der Waals surface area contributed by atoms with E-state index < -0.39 is 22.6 Å². The number of likely N-dealkylation sites (N-methyl/N-ethyl adjacent to an activating group) is 1. The van der Waals surface area contributed by atoms with Gasteiger partial charge in [-0.15, -0.1) is 11.8 Å². The van der Waals surface area contributed by atoms with Gasteiger partial charge in [-0.05, 0) is 19.3 Å². The molecule has 0 aliphatic carbocycles. The van der Waals surface area contributed by atoms with Gasteiger partial charge in [0.1, 0.15) is 6.04 Å². The Balaban J connectivity index is 1.66. The lowest BCUT2D eigenvalue weighted by Gasteiger charge is -2.35. The Morgan fingerprint density at radius 1 is 0.971 bits per heavy atom. The number of rotatable bonds is 10. The fourth-order valence-electron chi connectivity index (χ4n) is 6.05. The van der Waals surface area contributed by atoms with Crippen LogP contribution >= 0.6 is 11.8 Å². The summed E-state index contributed by atoms with van der Waals surface area (Å²) in [5.41, 5.74) is 0. The van der Waals surface area contributed by atoms with Gasteiger partial charge in [-0.1, -0.05) is 56.9 Å². The largest absolute Gasteiger partial charge is 0.396 e. The predicted molar refractivity (Wildman–Crippen MR) is 134 cm³/mol. The summed E-state index contributed by atoms with van der Waals surface area (Å²) < 4.78 is -0.702. The Kier molecular flexibility index (Phi) is 8.08.